The molecule has 1 aliphatic rings. The van der Waals surface area contributed by atoms with Gasteiger partial charge in [-0.2, -0.15) is 0 Å². The van der Waals surface area contributed by atoms with Gasteiger partial charge in [-0.05, 0) is 86.7 Å². The Labute approximate surface area is 166 Å². The Bertz CT molecular complexity index is 877. The van der Waals surface area contributed by atoms with Crippen LogP contribution in [0.25, 0.3) is 10.9 Å². The summed E-state index contributed by atoms with van der Waals surface area (Å²) in [7, 11) is 0. The molecule has 1 aromatic carbocycles. The van der Waals surface area contributed by atoms with Crippen molar-refractivity contribution in [2.75, 3.05) is 13.1 Å². The van der Waals surface area contributed by atoms with E-state index in [2.05, 4.69) is 29.4 Å². The quantitative estimate of drug-likeness (QED) is 0.703. The third kappa shape index (κ3) is 4.76. The summed E-state index contributed by atoms with van der Waals surface area (Å²) in [6.45, 7) is 4.91. The average molecular weight is 384 g/mol. The molecule has 1 aliphatic heterocycles. The number of fused-ring (bicyclic) bond motifs is 1. The van der Waals surface area contributed by atoms with Gasteiger partial charge in [0, 0.05) is 29.5 Å². The third-order valence-electron chi connectivity index (χ3n) is 5.19. The van der Waals surface area contributed by atoms with Crippen LogP contribution < -0.4 is 10.1 Å². The van der Waals surface area contributed by atoms with E-state index in [0.717, 1.165) is 35.6 Å². The van der Waals surface area contributed by atoms with Gasteiger partial charge in [0.05, 0.1) is 5.52 Å². The molecule has 0 amide bonds. The Hall–Kier alpha value is -2.17. The number of benzene rings is 1. The van der Waals surface area contributed by atoms with E-state index in [1.807, 2.05) is 24.3 Å². The largest absolute Gasteiger partial charge is 0.489 e. The maximum absolute atomic E-state index is 5.93. The van der Waals surface area contributed by atoms with Gasteiger partial charge < -0.3 is 10.1 Å². The maximum Gasteiger partial charge on any atom is 0.122 e. The van der Waals surface area contributed by atoms with E-state index in [4.69, 9.17) is 9.72 Å². The predicted molar refractivity (Wildman–Crippen MR) is 112 cm³/mol. The second kappa shape index (κ2) is 9.16. The Kier molecular flexibility index (Phi) is 6.64. The molecule has 2 aromatic heterocycles. The maximum atomic E-state index is 5.93. The number of aryl methyl sites for hydroxylation is 1. The van der Waals surface area contributed by atoms with Gasteiger partial charge in [0.1, 0.15) is 12.4 Å². The smallest absolute Gasteiger partial charge is 0.122 e. The summed E-state index contributed by atoms with van der Waals surface area (Å²) in [4.78, 5) is 8.92. The highest BCUT2D eigenvalue weighted by atomic mass is 35.5. The van der Waals surface area contributed by atoms with Crippen molar-refractivity contribution >= 4 is 23.3 Å². The Morgan fingerprint density at radius 1 is 1.07 bits per heavy atom. The molecule has 0 radical (unpaired) electrons. The molecule has 0 spiro atoms. The number of pyridine rings is 2. The second-order valence-corrected chi connectivity index (χ2v) is 7.04. The summed E-state index contributed by atoms with van der Waals surface area (Å²) in [5.41, 5.74) is 4.68. The topological polar surface area (TPSA) is 47.0 Å². The fourth-order valence-corrected chi connectivity index (χ4v) is 3.74. The van der Waals surface area contributed by atoms with Crippen molar-refractivity contribution in [2.45, 2.75) is 38.7 Å². The molecule has 0 saturated carbocycles. The minimum atomic E-state index is 0. The number of hydrogen-bond donors (Lipinski definition) is 1. The van der Waals surface area contributed by atoms with Crippen LogP contribution in [0, 0.1) is 6.92 Å². The highest BCUT2D eigenvalue weighted by Gasteiger charge is 2.17. The number of nitrogens with one attached hydrogen (secondary N) is 1. The van der Waals surface area contributed by atoms with Crippen LogP contribution in [0.2, 0.25) is 0 Å². The van der Waals surface area contributed by atoms with Gasteiger partial charge in [-0.3, -0.25) is 9.97 Å². The van der Waals surface area contributed by atoms with Crippen LogP contribution in [0.3, 0.4) is 0 Å². The fraction of sp³-hybridized carbons (Fsp3) is 0.364. The van der Waals surface area contributed by atoms with Gasteiger partial charge in [0.25, 0.3) is 0 Å². The van der Waals surface area contributed by atoms with Gasteiger partial charge in [-0.1, -0.05) is 0 Å². The van der Waals surface area contributed by atoms with E-state index in [1.54, 1.807) is 12.4 Å². The molecule has 4 rings (SSSR count). The molecule has 0 aliphatic carbocycles. The van der Waals surface area contributed by atoms with Gasteiger partial charge in [-0.15, -0.1) is 12.4 Å². The molecule has 142 valence electrons. The van der Waals surface area contributed by atoms with Gasteiger partial charge in [-0.25, -0.2) is 0 Å². The number of hydrogen-bond acceptors (Lipinski definition) is 4. The molecular weight excluding hydrogens is 358 g/mol. The SMILES string of the molecule is Cc1nc2cc(OCc3ccncc3)ccc2cc1C1CCCNCC1.Cl. The van der Waals surface area contributed by atoms with E-state index in [-0.39, 0.29) is 12.4 Å². The van der Waals surface area contributed by atoms with E-state index in [9.17, 15) is 0 Å². The molecule has 3 heterocycles. The fourth-order valence-electron chi connectivity index (χ4n) is 3.74. The lowest BCUT2D eigenvalue weighted by molar-refractivity contribution is 0.306. The molecule has 1 N–H and O–H groups in total. The van der Waals surface area contributed by atoms with Crippen molar-refractivity contribution in [2.24, 2.45) is 0 Å². The summed E-state index contributed by atoms with van der Waals surface area (Å²) >= 11 is 0. The summed E-state index contributed by atoms with van der Waals surface area (Å²) in [5.74, 6) is 1.47. The highest BCUT2D eigenvalue weighted by Crippen LogP contribution is 2.31. The second-order valence-electron chi connectivity index (χ2n) is 7.04. The first-order valence-electron chi connectivity index (χ1n) is 9.43. The zero-order valence-corrected chi connectivity index (χ0v) is 16.5. The number of nitrogens with zero attached hydrogens (tertiary/aromatic N) is 2. The molecule has 1 unspecified atom stereocenters. The van der Waals surface area contributed by atoms with Crippen molar-refractivity contribution < 1.29 is 4.74 Å². The Morgan fingerprint density at radius 2 is 1.93 bits per heavy atom. The summed E-state index contributed by atoms with van der Waals surface area (Å²) in [6, 6.07) is 12.5. The lowest BCUT2D eigenvalue weighted by atomic mass is 9.90. The standard InChI is InChI=1S/C22H25N3O.ClH/c1-16-21(18-3-2-9-23-12-8-18)13-19-4-5-20(14-22(19)25-16)26-15-17-6-10-24-11-7-17;/h4-7,10-11,13-14,18,23H,2-3,8-9,12,15H2,1H3;1H. The van der Waals surface area contributed by atoms with Crippen molar-refractivity contribution in [3.8, 4) is 5.75 Å². The van der Waals surface area contributed by atoms with E-state index < -0.39 is 0 Å². The zero-order valence-electron chi connectivity index (χ0n) is 15.6. The first-order chi connectivity index (χ1) is 12.8. The van der Waals surface area contributed by atoms with Gasteiger partial charge >= 0.3 is 0 Å². The lowest BCUT2D eigenvalue weighted by Crippen LogP contribution is -2.14. The van der Waals surface area contributed by atoms with Crippen molar-refractivity contribution in [1.82, 2.24) is 15.3 Å². The Balaban J connectivity index is 0.00000210. The van der Waals surface area contributed by atoms with E-state index in [1.165, 1.54) is 30.2 Å². The molecule has 0 bridgehead atoms. The average Bonchev–Trinajstić information content (AvgIpc) is 2.96. The first-order valence-corrected chi connectivity index (χ1v) is 9.43. The van der Waals surface area contributed by atoms with Crippen LogP contribution in [0.4, 0.5) is 0 Å². The van der Waals surface area contributed by atoms with E-state index in [0.29, 0.717) is 12.5 Å². The van der Waals surface area contributed by atoms with Crippen LogP contribution in [0.5, 0.6) is 5.75 Å². The monoisotopic (exact) mass is 383 g/mol. The molecule has 1 fully saturated rings. The molecule has 27 heavy (non-hydrogen) atoms. The van der Waals surface area contributed by atoms with Crippen LogP contribution in [0.1, 0.15) is 42.0 Å². The summed E-state index contributed by atoms with van der Waals surface area (Å²) < 4.78 is 5.93. The third-order valence-corrected chi connectivity index (χ3v) is 5.19. The van der Waals surface area contributed by atoms with Crippen LogP contribution in [-0.2, 0) is 6.61 Å². The molecule has 1 saturated heterocycles. The van der Waals surface area contributed by atoms with Crippen LogP contribution in [0.15, 0.2) is 48.8 Å². The van der Waals surface area contributed by atoms with Crippen molar-refractivity contribution in [1.29, 1.82) is 0 Å². The number of rotatable bonds is 4. The molecule has 5 heteroatoms. The van der Waals surface area contributed by atoms with Crippen LogP contribution in [-0.4, -0.2) is 23.1 Å². The minimum Gasteiger partial charge on any atom is -0.489 e. The number of halogens is 1. The molecular formula is C22H26ClN3O. The molecule has 4 nitrogen and oxygen atoms in total. The molecule has 1 atom stereocenters. The van der Waals surface area contributed by atoms with Crippen LogP contribution >= 0.6 is 12.4 Å². The van der Waals surface area contributed by atoms with Crippen molar-refractivity contribution in [3.05, 3.63) is 65.6 Å². The van der Waals surface area contributed by atoms with Crippen molar-refractivity contribution in [3.63, 3.8) is 0 Å². The van der Waals surface area contributed by atoms with Gasteiger partial charge in [0.2, 0.25) is 0 Å². The normalized spacial score (nSPS) is 17.1. The summed E-state index contributed by atoms with van der Waals surface area (Å²) in [5, 5.41) is 4.69. The van der Waals surface area contributed by atoms with E-state index >= 15 is 0 Å². The first kappa shape index (κ1) is 19.6. The lowest BCUT2D eigenvalue weighted by Gasteiger charge is -2.17. The molecule has 3 aromatic rings. The summed E-state index contributed by atoms with van der Waals surface area (Å²) in [6.07, 6.45) is 7.25. The Morgan fingerprint density at radius 3 is 2.78 bits per heavy atom. The predicted octanol–water partition coefficient (Wildman–Crippen LogP) is 4.80. The number of aromatic nitrogens is 2. The highest BCUT2D eigenvalue weighted by molar-refractivity contribution is 5.85. The number of ether oxygens (including phenoxy) is 1. The zero-order chi connectivity index (χ0) is 17.8. The van der Waals surface area contributed by atoms with Gasteiger partial charge in [0.15, 0.2) is 0 Å². The minimum absolute atomic E-state index is 0.